The smallest absolute Gasteiger partial charge is 0.237 e. The zero-order chi connectivity index (χ0) is 15.6. The largest absolute Gasteiger partial charge is 0.393 e. The molecule has 0 bridgehead atoms. The van der Waals surface area contributed by atoms with Gasteiger partial charge in [0.05, 0.1) is 24.2 Å². The molecule has 3 atom stereocenters. The van der Waals surface area contributed by atoms with E-state index >= 15 is 0 Å². The van der Waals surface area contributed by atoms with Crippen molar-refractivity contribution in [1.29, 1.82) is 0 Å². The number of rotatable bonds is 4. The lowest BCUT2D eigenvalue weighted by Crippen LogP contribution is -2.49. The molecule has 1 amide bonds. The van der Waals surface area contributed by atoms with Gasteiger partial charge in [0.2, 0.25) is 5.91 Å². The van der Waals surface area contributed by atoms with Crippen LogP contribution in [0.25, 0.3) is 0 Å². The third-order valence-electron chi connectivity index (χ3n) is 4.61. The van der Waals surface area contributed by atoms with Crippen molar-refractivity contribution < 1.29 is 18.3 Å². The van der Waals surface area contributed by atoms with E-state index in [4.69, 9.17) is 0 Å². The summed E-state index contributed by atoms with van der Waals surface area (Å²) in [6.45, 7) is 6.19. The quantitative estimate of drug-likeness (QED) is 0.772. The fraction of sp³-hybridized carbons (Fsp3) is 0.929. The number of nitrogens with zero attached hydrogens (tertiary/aromatic N) is 2. The molecule has 0 aromatic carbocycles. The average molecular weight is 318 g/mol. The van der Waals surface area contributed by atoms with Crippen LogP contribution in [-0.4, -0.2) is 79.1 Å². The summed E-state index contributed by atoms with van der Waals surface area (Å²) in [5, 5.41) is 9.73. The molecule has 1 N–H and O–H groups in total. The van der Waals surface area contributed by atoms with Crippen molar-refractivity contribution in [2.45, 2.75) is 38.8 Å². The van der Waals surface area contributed by atoms with Crippen molar-refractivity contribution in [2.24, 2.45) is 5.92 Å². The van der Waals surface area contributed by atoms with Gasteiger partial charge in [-0.1, -0.05) is 6.92 Å². The number of carbonyl (C=O) groups is 1. The van der Waals surface area contributed by atoms with Gasteiger partial charge < -0.3 is 10.0 Å². The van der Waals surface area contributed by atoms with E-state index in [-0.39, 0.29) is 35.5 Å². The van der Waals surface area contributed by atoms with Crippen molar-refractivity contribution in [3.63, 3.8) is 0 Å². The molecule has 2 saturated heterocycles. The molecule has 2 heterocycles. The molecular weight excluding hydrogens is 292 g/mol. The van der Waals surface area contributed by atoms with Gasteiger partial charge in [-0.05, 0) is 25.7 Å². The molecule has 0 aliphatic carbocycles. The molecule has 2 rings (SSSR count). The zero-order valence-electron chi connectivity index (χ0n) is 12.9. The number of amides is 1. The summed E-state index contributed by atoms with van der Waals surface area (Å²) in [6.07, 6.45) is 0.966. The lowest BCUT2D eigenvalue weighted by Gasteiger charge is -2.36. The predicted octanol–water partition coefficient (Wildman–Crippen LogP) is -0.275. The number of hydrogen-bond acceptors (Lipinski definition) is 5. The highest BCUT2D eigenvalue weighted by molar-refractivity contribution is 7.91. The summed E-state index contributed by atoms with van der Waals surface area (Å²) in [4.78, 5) is 16.2. The molecule has 7 heteroatoms. The molecule has 3 unspecified atom stereocenters. The van der Waals surface area contributed by atoms with Crippen LogP contribution < -0.4 is 0 Å². The van der Waals surface area contributed by atoms with Gasteiger partial charge in [0.25, 0.3) is 0 Å². The number of piperidine rings is 1. The Morgan fingerprint density at radius 1 is 1.38 bits per heavy atom. The van der Waals surface area contributed by atoms with Crippen LogP contribution in [0.2, 0.25) is 0 Å². The third kappa shape index (κ3) is 4.17. The van der Waals surface area contributed by atoms with Gasteiger partial charge in [0, 0.05) is 25.7 Å². The van der Waals surface area contributed by atoms with Crippen molar-refractivity contribution in [3.8, 4) is 0 Å². The molecule has 6 nitrogen and oxygen atoms in total. The number of likely N-dealkylation sites (tertiary alicyclic amines) is 1. The first kappa shape index (κ1) is 16.7. The molecule has 0 radical (unpaired) electrons. The van der Waals surface area contributed by atoms with Crippen LogP contribution in [0.15, 0.2) is 0 Å². The Balaban J connectivity index is 1.92. The first-order valence-corrected chi connectivity index (χ1v) is 9.55. The van der Waals surface area contributed by atoms with E-state index in [2.05, 4.69) is 4.90 Å². The minimum atomic E-state index is -2.97. The van der Waals surface area contributed by atoms with Gasteiger partial charge in [0.1, 0.15) is 0 Å². The topological polar surface area (TPSA) is 77.9 Å². The number of hydrogen-bond donors (Lipinski definition) is 1. The first-order chi connectivity index (χ1) is 9.82. The fourth-order valence-corrected chi connectivity index (χ4v) is 5.04. The van der Waals surface area contributed by atoms with Crippen LogP contribution in [0.1, 0.15) is 26.7 Å². The Labute approximate surface area is 127 Å². The van der Waals surface area contributed by atoms with Crippen molar-refractivity contribution in [3.05, 3.63) is 0 Å². The van der Waals surface area contributed by atoms with Crippen molar-refractivity contribution >= 4 is 15.7 Å². The van der Waals surface area contributed by atoms with E-state index in [9.17, 15) is 18.3 Å². The maximum Gasteiger partial charge on any atom is 0.237 e. The van der Waals surface area contributed by atoms with Crippen LogP contribution in [0, 0.1) is 5.92 Å². The molecule has 21 heavy (non-hydrogen) atoms. The minimum absolute atomic E-state index is 0.00295. The van der Waals surface area contributed by atoms with E-state index in [0.717, 1.165) is 6.54 Å². The molecule has 0 saturated carbocycles. The highest BCUT2D eigenvalue weighted by atomic mass is 32.2. The van der Waals surface area contributed by atoms with Crippen molar-refractivity contribution in [2.75, 3.05) is 37.7 Å². The second-order valence-corrected chi connectivity index (χ2v) is 8.53. The molecular formula is C14H26N2O4S. The third-order valence-corrected chi connectivity index (χ3v) is 6.36. The van der Waals surface area contributed by atoms with Gasteiger partial charge in [-0.2, -0.15) is 0 Å². The maximum absolute atomic E-state index is 12.5. The van der Waals surface area contributed by atoms with Gasteiger partial charge >= 0.3 is 0 Å². The molecule has 122 valence electrons. The Kier molecular flexibility index (Phi) is 5.27. The average Bonchev–Trinajstić information content (AvgIpc) is 2.75. The summed E-state index contributed by atoms with van der Waals surface area (Å²) in [6, 6.07) is -0.166. The van der Waals surface area contributed by atoms with Gasteiger partial charge in [-0.25, -0.2) is 8.42 Å². The minimum Gasteiger partial charge on any atom is -0.393 e. The summed E-state index contributed by atoms with van der Waals surface area (Å²) in [5.74, 6) is 0.465. The van der Waals surface area contributed by atoms with Gasteiger partial charge in [-0.3, -0.25) is 9.69 Å². The second-order valence-electron chi connectivity index (χ2n) is 6.31. The Morgan fingerprint density at radius 2 is 2.10 bits per heavy atom. The lowest BCUT2D eigenvalue weighted by atomic mass is 9.97. The normalized spacial score (nSPS) is 33.0. The Morgan fingerprint density at radius 3 is 2.62 bits per heavy atom. The monoisotopic (exact) mass is 318 g/mol. The Hall–Kier alpha value is -0.660. The van der Waals surface area contributed by atoms with E-state index < -0.39 is 9.84 Å². The maximum atomic E-state index is 12.5. The molecule has 0 aromatic heterocycles. The summed E-state index contributed by atoms with van der Waals surface area (Å²) in [7, 11) is -2.97. The number of carbonyl (C=O) groups excluding carboxylic acids is 1. The highest BCUT2D eigenvalue weighted by Crippen LogP contribution is 2.20. The molecule has 0 aromatic rings. The molecule has 2 aliphatic rings. The number of aliphatic hydroxyl groups excluding tert-OH is 1. The van der Waals surface area contributed by atoms with E-state index in [0.29, 0.717) is 32.5 Å². The summed E-state index contributed by atoms with van der Waals surface area (Å²) in [5.41, 5.74) is 0. The second kappa shape index (κ2) is 6.62. The van der Waals surface area contributed by atoms with Crippen LogP contribution in [-0.2, 0) is 14.6 Å². The van der Waals surface area contributed by atoms with Gasteiger partial charge in [-0.15, -0.1) is 0 Å². The zero-order valence-corrected chi connectivity index (χ0v) is 13.7. The van der Waals surface area contributed by atoms with Crippen LogP contribution >= 0.6 is 0 Å². The lowest BCUT2D eigenvalue weighted by molar-refractivity contribution is -0.135. The van der Waals surface area contributed by atoms with E-state index in [1.165, 1.54) is 0 Å². The first-order valence-electron chi connectivity index (χ1n) is 7.72. The van der Waals surface area contributed by atoms with Crippen LogP contribution in [0.5, 0.6) is 0 Å². The van der Waals surface area contributed by atoms with E-state index in [1.54, 1.807) is 4.90 Å². The molecule has 2 aliphatic heterocycles. The Bertz CT molecular complexity index is 479. The van der Waals surface area contributed by atoms with E-state index in [1.807, 2.05) is 13.8 Å². The SMILES string of the molecule is CCN(C(=O)CN1CCC(O)C(C)C1)C1CCS(=O)(=O)C1. The predicted molar refractivity (Wildman–Crippen MR) is 80.7 cm³/mol. The summed E-state index contributed by atoms with van der Waals surface area (Å²) >= 11 is 0. The van der Waals surface area contributed by atoms with Crippen molar-refractivity contribution in [1.82, 2.24) is 9.80 Å². The highest BCUT2D eigenvalue weighted by Gasteiger charge is 2.35. The standard InChI is InChI=1S/C14H26N2O4S/c1-3-16(12-5-7-21(19,20)10-12)14(18)9-15-6-4-13(17)11(2)8-15/h11-13,17H,3-10H2,1-2H3. The number of likely N-dealkylation sites (N-methyl/N-ethyl adjacent to an activating group) is 1. The van der Waals surface area contributed by atoms with Crippen LogP contribution in [0.4, 0.5) is 0 Å². The summed E-state index contributed by atoms with van der Waals surface area (Å²) < 4.78 is 23.2. The molecule has 2 fully saturated rings. The number of sulfone groups is 1. The fourth-order valence-electron chi connectivity index (χ4n) is 3.30. The molecule has 0 spiro atoms. The van der Waals surface area contributed by atoms with Crippen LogP contribution in [0.3, 0.4) is 0 Å². The van der Waals surface area contributed by atoms with Gasteiger partial charge in [0.15, 0.2) is 9.84 Å². The number of aliphatic hydroxyl groups is 1.